The lowest BCUT2D eigenvalue weighted by molar-refractivity contribution is 0.874. The molecule has 90 valence electrons. The average molecular weight is 278 g/mol. The highest BCUT2D eigenvalue weighted by molar-refractivity contribution is 7.13. The van der Waals surface area contributed by atoms with Crippen molar-refractivity contribution in [2.45, 2.75) is 18.8 Å². The minimum absolute atomic E-state index is 0.503. The molecular weight excluding hydrogens is 270 g/mol. The van der Waals surface area contributed by atoms with Gasteiger partial charge in [0.05, 0.1) is 10.4 Å². The van der Waals surface area contributed by atoms with E-state index >= 15 is 0 Å². The van der Waals surface area contributed by atoms with E-state index in [1.54, 1.807) is 16.2 Å². The SMILES string of the molecule is Clc1ncsc1-c1cnc2nc(C3CC3)nn2c1. The smallest absolute Gasteiger partial charge is 0.232 e. The molecule has 0 saturated heterocycles. The standard InChI is InChI=1S/C11H8ClN5S/c12-9-8(18-5-14-9)7-3-13-11-15-10(6-1-2-6)16-17(11)4-7/h3-6H,1-2H2. The number of fused-ring (bicyclic) bond motifs is 1. The van der Waals surface area contributed by atoms with Crippen LogP contribution in [0.15, 0.2) is 17.9 Å². The average Bonchev–Trinajstić information content (AvgIpc) is 3.00. The van der Waals surface area contributed by atoms with Gasteiger partial charge >= 0.3 is 0 Å². The van der Waals surface area contributed by atoms with E-state index in [2.05, 4.69) is 20.1 Å². The number of hydrogen-bond donors (Lipinski definition) is 0. The Morgan fingerprint density at radius 1 is 1.33 bits per heavy atom. The molecule has 4 rings (SSSR count). The van der Waals surface area contributed by atoms with E-state index in [-0.39, 0.29) is 0 Å². The third-order valence-corrected chi connectivity index (χ3v) is 4.21. The first kappa shape index (κ1) is 10.4. The lowest BCUT2D eigenvalue weighted by Gasteiger charge is -1.97. The summed E-state index contributed by atoms with van der Waals surface area (Å²) in [7, 11) is 0. The molecule has 3 heterocycles. The Bertz CT molecular complexity index is 730. The maximum absolute atomic E-state index is 6.02. The van der Waals surface area contributed by atoms with Crippen LogP contribution in [0.2, 0.25) is 5.15 Å². The van der Waals surface area contributed by atoms with Crippen LogP contribution < -0.4 is 0 Å². The van der Waals surface area contributed by atoms with Crippen LogP contribution >= 0.6 is 22.9 Å². The molecule has 0 radical (unpaired) electrons. The van der Waals surface area contributed by atoms with Gasteiger partial charge in [0.15, 0.2) is 5.82 Å². The molecule has 0 aromatic carbocycles. The zero-order chi connectivity index (χ0) is 12.1. The van der Waals surface area contributed by atoms with Gasteiger partial charge in [0.2, 0.25) is 0 Å². The molecule has 0 N–H and O–H groups in total. The van der Waals surface area contributed by atoms with E-state index in [1.807, 2.05) is 6.20 Å². The summed E-state index contributed by atoms with van der Waals surface area (Å²) in [5.41, 5.74) is 2.64. The second-order valence-electron chi connectivity index (χ2n) is 4.30. The van der Waals surface area contributed by atoms with Gasteiger partial charge in [0.1, 0.15) is 5.15 Å². The van der Waals surface area contributed by atoms with Gasteiger partial charge in [-0.15, -0.1) is 16.4 Å². The zero-order valence-electron chi connectivity index (χ0n) is 9.25. The topological polar surface area (TPSA) is 56.0 Å². The first-order valence-corrected chi connectivity index (χ1v) is 6.89. The van der Waals surface area contributed by atoms with E-state index in [9.17, 15) is 0 Å². The van der Waals surface area contributed by atoms with Crippen LogP contribution in [0.1, 0.15) is 24.6 Å². The van der Waals surface area contributed by atoms with Crippen LogP contribution in [0.25, 0.3) is 16.2 Å². The Kier molecular flexibility index (Phi) is 2.15. The predicted molar refractivity (Wildman–Crippen MR) is 68.9 cm³/mol. The summed E-state index contributed by atoms with van der Waals surface area (Å²) in [6, 6.07) is 0. The fraction of sp³-hybridized carbons (Fsp3) is 0.273. The summed E-state index contributed by atoms with van der Waals surface area (Å²) >= 11 is 7.51. The van der Waals surface area contributed by atoms with Crippen LogP contribution in [-0.2, 0) is 0 Å². The third-order valence-electron chi connectivity index (χ3n) is 2.94. The van der Waals surface area contributed by atoms with Crippen LogP contribution in [0.4, 0.5) is 0 Å². The maximum Gasteiger partial charge on any atom is 0.252 e. The van der Waals surface area contributed by atoms with Crippen molar-refractivity contribution in [1.82, 2.24) is 24.6 Å². The number of aromatic nitrogens is 5. The van der Waals surface area contributed by atoms with Crippen molar-refractivity contribution in [2.75, 3.05) is 0 Å². The van der Waals surface area contributed by atoms with E-state index in [0.29, 0.717) is 16.8 Å². The van der Waals surface area contributed by atoms with Crippen molar-refractivity contribution in [3.63, 3.8) is 0 Å². The number of thiazole rings is 1. The second-order valence-corrected chi connectivity index (χ2v) is 5.52. The Morgan fingerprint density at radius 2 is 2.22 bits per heavy atom. The van der Waals surface area contributed by atoms with Crippen LogP contribution in [0.3, 0.4) is 0 Å². The van der Waals surface area contributed by atoms with Gasteiger partial charge in [0.25, 0.3) is 5.78 Å². The minimum Gasteiger partial charge on any atom is -0.232 e. The van der Waals surface area contributed by atoms with Crippen molar-refractivity contribution in [3.8, 4) is 10.4 Å². The fourth-order valence-electron chi connectivity index (χ4n) is 1.85. The number of nitrogens with zero attached hydrogens (tertiary/aromatic N) is 5. The van der Waals surface area contributed by atoms with E-state index < -0.39 is 0 Å². The molecule has 18 heavy (non-hydrogen) atoms. The quantitative estimate of drug-likeness (QED) is 0.723. The Balaban J connectivity index is 1.85. The van der Waals surface area contributed by atoms with Gasteiger partial charge in [-0.25, -0.2) is 14.5 Å². The highest BCUT2D eigenvalue weighted by atomic mass is 35.5. The molecule has 1 aliphatic carbocycles. The van der Waals surface area contributed by atoms with Crippen LogP contribution in [0.5, 0.6) is 0 Å². The van der Waals surface area contributed by atoms with E-state index in [0.717, 1.165) is 16.3 Å². The van der Waals surface area contributed by atoms with Crippen molar-refractivity contribution < 1.29 is 0 Å². The van der Waals surface area contributed by atoms with Gasteiger partial charge in [-0.1, -0.05) is 11.6 Å². The van der Waals surface area contributed by atoms with Crippen molar-refractivity contribution in [1.29, 1.82) is 0 Å². The lowest BCUT2D eigenvalue weighted by atomic mass is 10.3. The van der Waals surface area contributed by atoms with Crippen molar-refractivity contribution in [2.24, 2.45) is 0 Å². The lowest BCUT2D eigenvalue weighted by Crippen LogP contribution is -1.91. The molecule has 0 amide bonds. The van der Waals surface area contributed by atoms with Gasteiger partial charge in [-0.05, 0) is 12.8 Å². The number of halogens is 1. The Morgan fingerprint density at radius 3 is 2.94 bits per heavy atom. The molecule has 1 aliphatic rings. The van der Waals surface area contributed by atoms with Crippen molar-refractivity contribution in [3.05, 3.63) is 28.9 Å². The Hall–Kier alpha value is -1.53. The highest BCUT2D eigenvalue weighted by Crippen LogP contribution is 2.38. The summed E-state index contributed by atoms with van der Waals surface area (Å²) < 4.78 is 1.72. The highest BCUT2D eigenvalue weighted by Gasteiger charge is 2.28. The van der Waals surface area contributed by atoms with E-state index in [4.69, 9.17) is 11.6 Å². The monoisotopic (exact) mass is 277 g/mol. The molecule has 0 unspecified atom stereocenters. The molecule has 1 fully saturated rings. The number of rotatable bonds is 2. The summed E-state index contributed by atoms with van der Waals surface area (Å²) in [6.45, 7) is 0. The molecule has 3 aromatic rings. The first-order valence-electron chi connectivity index (χ1n) is 5.63. The first-order chi connectivity index (χ1) is 8.81. The minimum atomic E-state index is 0.503. The summed E-state index contributed by atoms with van der Waals surface area (Å²) in [6.07, 6.45) is 6.04. The molecule has 0 aliphatic heterocycles. The van der Waals surface area contributed by atoms with Crippen LogP contribution in [-0.4, -0.2) is 24.6 Å². The molecule has 0 atom stereocenters. The fourth-order valence-corrected chi connectivity index (χ4v) is 2.85. The molecule has 3 aromatic heterocycles. The normalized spacial score (nSPS) is 15.4. The maximum atomic E-state index is 6.02. The summed E-state index contributed by atoms with van der Waals surface area (Å²) in [5, 5.41) is 4.96. The number of hydrogen-bond acceptors (Lipinski definition) is 5. The van der Waals surface area contributed by atoms with Crippen molar-refractivity contribution >= 4 is 28.7 Å². The largest absolute Gasteiger partial charge is 0.252 e. The molecule has 1 saturated carbocycles. The summed E-state index contributed by atoms with van der Waals surface area (Å²) in [5.74, 6) is 2.07. The van der Waals surface area contributed by atoms with Gasteiger partial charge in [-0.3, -0.25) is 0 Å². The third kappa shape index (κ3) is 1.60. The molecular formula is C11H8ClN5S. The van der Waals surface area contributed by atoms with Gasteiger partial charge in [-0.2, -0.15) is 4.98 Å². The zero-order valence-corrected chi connectivity index (χ0v) is 10.8. The molecule has 7 heteroatoms. The predicted octanol–water partition coefficient (Wildman–Crippen LogP) is 2.78. The van der Waals surface area contributed by atoms with Crippen LogP contribution in [0, 0.1) is 0 Å². The van der Waals surface area contributed by atoms with Gasteiger partial charge in [0, 0.05) is 23.9 Å². The van der Waals surface area contributed by atoms with Gasteiger partial charge < -0.3 is 0 Å². The van der Waals surface area contributed by atoms with E-state index in [1.165, 1.54) is 24.2 Å². The molecule has 0 bridgehead atoms. The molecule has 5 nitrogen and oxygen atoms in total. The second kappa shape index (κ2) is 3.73. The molecule has 0 spiro atoms. The Labute approximate surface area is 111 Å². The summed E-state index contributed by atoms with van der Waals surface area (Å²) in [4.78, 5) is 13.7.